The highest BCUT2D eigenvalue weighted by Crippen LogP contribution is 2.42. The van der Waals surface area contributed by atoms with Gasteiger partial charge in [0.2, 0.25) is 0 Å². The number of para-hydroxylation sites is 2. The number of hydrogen-bond donors (Lipinski definition) is 0. The summed E-state index contributed by atoms with van der Waals surface area (Å²) in [4.78, 5) is 2.40. The lowest BCUT2D eigenvalue weighted by Crippen LogP contribution is -2.17. The number of fused-ring (bicyclic) bond motifs is 8. The minimum absolute atomic E-state index is 0.915. The van der Waals surface area contributed by atoms with Crippen LogP contribution in [0.25, 0.3) is 93.6 Å². The molecule has 2 aromatic heterocycles. The van der Waals surface area contributed by atoms with Gasteiger partial charge in [0.25, 0.3) is 0 Å². The van der Waals surface area contributed by atoms with Crippen LogP contribution < -0.4 is 4.90 Å². The first-order valence-electron chi connectivity index (χ1n) is 21.1. The van der Waals surface area contributed by atoms with Crippen LogP contribution in [0.3, 0.4) is 0 Å². The fourth-order valence-electron chi connectivity index (χ4n) is 9.43. The lowest BCUT2D eigenvalue weighted by molar-refractivity contribution is 0.672. The van der Waals surface area contributed by atoms with E-state index in [0.717, 1.165) is 62.7 Å². The third kappa shape index (κ3) is 6.05. The van der Waals surface area contributed by atoms with Crippen molar-refractivity contribution in [2.45, 2.75) is 12.8 Å². The second-order valence-corrected chi connectivity index (χ2v) is 16.0. The van der Waals surface area contributed by atoms with Gasteiger partial charge in [-0.1, -0.05) is 133 Å². The highest BCUT2D eigenvalue weighted by molar-refractivity contribution is 6.20. The number of rotatable bonds is 7. The fourth-order valence-corrected chi connectivity index (χ4v) is 9.43. The van der Waals surface area contributed by atoms with Crippen molar-refractivity contribution in [2.75, 3.05) is 4.90 Å². The number of furan rings is 1. The van der Waals surface area contributed by atoms with Crippen LogP contribution in [-0.2, 0) is 0 Å². The summed E-state index contributed by atoms with van der Waals surface area (Å²) < 4.78 is 8.92. The maximum atomic E-state index is 6.53. The minimum atomic E-state index is 0.915. The van der Waals surface area contributed by atoms with Crippen LogP contribution in [0.2, 0.25) is 0 Å². The molecule has 12 rings (SSSR count). The third-order valence-corrected chi connectivity index (χ3v) is 12.4. The molecule has 61 heavy (non-hydrogen) atoms. The van der Waals surface area contributed by atoms with Gasteiger partial charge < -0.3 is 13.9 Å². The van der Waals surface area contributed by atoms with Crippen molar-refractivity contribution >= 4 is 65.9 Å². The summed E-state index contributed by atoms with van der Waals surface area (Å²) in [5.74, 6) is 0. The van der Waals surface area contributed by atoms with E-state index in [9.17, 15) is 0 Å². The van der Waals surface area contributed by atoms with Crippen molar-refractivity contribution in [3.8, 4) is 39.1 Å². The third-order valence-electron chi connectivity index (χ3n) is 12.4. The van der Waals surface area contributed by atoms with E-state index in [1.54, 1.807) is 0 Å². The molecular formula is C58H40N2O. The molecule has 0 saturated heterocycles. The zero-order chi connectivity index (χ0) is 40.3. The standard InChI is InChI=1S/C58H40N2O/c1-4-13-39(14-5-1)40-23-29-48(30-24-40)59(46-17-6-2-7-18-46)49-31-25-41(26-32-49)42-15-12-16-43(35-42)44-28-34-55-53(36-44)54-37-45-27-33-51-50-21-10-11-22-57(50)61-58(51)52(45)38-56(54)60(55)47-19-8-3-9-20-47/h1-6,8-17,19-38H,7,18H2. The molecule has 0 saturated carbocycles. The Morgan fingerprint density at radius 1 is 0.426 bits per heavy atom. The van der Waals surface area contributed by atoms with Gasteiger partial charge in [-0.15, -0.1) is 0 Å². The molecule has 11 aromatic rings. The Balaban J connectivity index is 0.927. The Bertz CT molecular complexity index is 3500. The number of aromatic nitrogens is 1. The lowest BCUT2D eigenvalue weighted by atomic mass is 9.97. The second kappa shape index (κ2) is 14.4. The predicted molar refractivity (Wildman–Crippen MR) is 257 cm³/mol. The summed E-state index contributed by atoms with van der Waals surface area (Å²) in [6, 6.07) is 72.6. The average molecular weight is 781 g/mol. The zero-order valence-corrected chi connectivity index (χ0v) is 33.5. The van der Waals surface area contributed by atoms with E-state index < -0.39 is 0 Å². The minimum Gasteiger partial charge on any atom is -0.455 e. The number of benzene rings is 9. The maximum absolute atomic E-state index is 6.53. The van der Waals surface area contributed by atoms with Gasteiger partial charge in [-0.3, -0.25) is 0 Å². The molecule has 0 N–H and O–H groups in total. The predicted octanol–water partition coefficient (Wildman–Crippen LogP) is 16.2. The van der Waals surface area contributed by atoms with Crippen molar-refractivity contribution in [3.05, 3.63) is 224 Å². The molecule has 0 unspecified atom stereocenters. The molecule has 0 aliphatic heterocycles. The smallest absolute Gasteiger partial charge is 0.143 e. The van der Waals surface area contributed by atoms with E-state index >= 15 is 0 Å². The molecule has 288 valence electrons. The lowest BCUT2D eigenvalue weighted by Gasteiger charge is -2.29. The number of anilines is 2. The van der Waals surface area contributed by atoms with E-state index in [2.05, 4.69) is 222 Å². The van der Waals surface area contributed by atoms with Gasteiger partial charge in [0, 0.05) is 49.7 Å². The van der Waals surface area contributed by atoms with Crippen molar-refractivity contribution in [3.63, 3.8) is 0 Å². The summed E-state index contributed by atoms with van der Waals surface area (Å²) in [6.07, 6.45) is 8.72. The number of nitrogens with zero attached hydrogens (tertiary/aromatic N) is 2. The zero-order valence-electron chi connectivity index (χ0n) is 33.5. The van der Waals surface area contributed by atoms with E-state index in [1.165, 1.54) is 60.8 Å². The fraction of sp³-hybridized carbons (Fsp3) is 0.0345. The van der Waals surface area contributed by atoms with Gasteiger partial charge in [0.1, 0.15) is 11.2 Å². The molecule has 2 heterocycles. The molecule has 0 spiro atoms. The van der Waals surface area contributed by atoms with Crippen LogP contribution in [0.4, 0.5) is 11.4 Å². The SMILES string of the molecule is C1=CCCC(N(c2ccc(-c3ccccc3)cc2)c2ccc(-c3cccc(-c4ccc5c(c4)c4cc6ccc7c8ccccc8oc7c6cc4n5-c4ccccc4)c3)cc2)=C1. The van der Waals surface area contributed by atoms with E-state index in [0.29, 0.717) is 0 Å². The van der Waals surface area contributed by atoms with Gasteiger partial charge in [-0.2, -0.15) is 0 Å². The monoisotopic (exact) mass is 780 g/mol. The van der Waals surface area contributed by atoms with Crippen LogP contribution >= 0.6 is 0 Å². The molecule has 1 aliphatic carbocycles. The number of hydrogen-bond acceptors (Lipinski definition) is 2. The first kappa shape index (κ1) is 35.1. The van der Waals surface area contributed by atoms with E-state index in [1.807, 2.05) is 6.07 Å². The summed E-state index contributed by atoms with van der Waals surface area (Å²) in [5, 5.41) is 7.02. The van der Waals surface area contributed by atoms with Crippen LogP contribution in [-0.4, -0.2) is 4.57 Å². The number of allylic oxidation sites excluding steroid dienone is 4. The van der Waals surface area contributed by atoms with Crippen LogP contribution in [0, 0.1) is 0 Å². The van der Waals surface area contributed by atoms with E-state index in [-0.39, 0.29) is 0 Å². The Hall–Kier alpha value is -7.88. The first-order valence-corrected chi connectivity index (χ1v) is 21.1. The van der Waals surface area contributed by atoms with Gasteiger partial charge in [0.15, 0.2) is 0 Å². The molecule has 0 amide bonds. The Kier molecular flexibility index (Phi) is 8.31. The summed E-state index contributed by atoms with van der Waals surface area (Å²) >= 11 is 0. The second-order valence-electron chi connectivity index (χ2n) is 16.0. The Morgan fingerprint density at radius 3 is 1.80 bits per heavy atom. The highest BCUT2D eigenvalue weighted by Gasteiger charge is 2.19. The van der Waals surface area contributed by atoms with Gasteiger partial charge in [0.05, 0.1) is 11.0 Å². The largest absolute Gasteiger partial charge is 0.455 e. The Labute approximate surface area is 354 Å². The van der Waals surface area contributed by atoms with Crippen molar-refractivity contribution in [1.29, 1.82) is 0 Å². The van der Waals surface area contributed by atoms with Gasteiger partial charge >= 0.3 is 0 Å². The molecule has 9 aromatic carbocycles. The molecule has 3 heteroatoms. The molecule has 0 atom stereocenters. The summed E-state index contributed by atoms with van der Waals surface area (Å²) in [5.41, 5.74) is 16.1. The van der Waals surface area contributed by atoms with Crippen molar-refractivity contribution < 1.29 is 4.42 Å². The quantitative estimate of drug-likeness (QED) is 0.161. The van der Waals surface area contributed by atoms with Crippen LogP contribution in [0.1, 0.15) is 12.8 Å². The van der Waals surface area contributed by atoms with Crippen LogP contribution in [0.5, 0.6) is 0 Å². The Morgan fingerprint density at radius 2 is 1.05 bits per heavy atom. The van der Waals surface area contributed by atoms with Crippen molar-refractivity contribution in [2.24, 2.45) is 0 Å². The molecule has 3 nitrogen and oxygen atoms in total. The molecule has 1 aliphatic rings. The summed E-state index contributed by atoms with van der Waals surface area (Å²) in [6.45, 7) is 0. The van der Waals surface area contributed by atoms with Crippen LogP contribution in [0.15, 0.2) is 229 Å². The normalized spacial score (nSPS) is 12.8. The molecular weight excluding hydrogens is 741 g/mol. The first-order chi connectivity index (χ1) is 30.2. The van der Waals surface area contributed by atoms with Gasteiger partial charge in [-0.05, 0) is 137 Å². The highest BCUT2D eigenvalue weighted by atomic mass is 16.3. The van der Waals surface area contributed by atoms with E-state index in [4.69, 9.17) is 4.42 Å². The maximum Gasteiger partial charge on any atom is 0.143 e. The molecule has 0 fully saturated rings. The molecule has 0 bridgehead atoms. The molecule has 0 radical (unpaired) electrons. The summed E-state index contributed by atoms with van der Waals surface area (Å²) in [7, 11) is 0. The average Bonchev–Trinajstić information content (AvgIpc) is 3.88. The van der Waals surface area contributed by atoms with Crippen molar-refractivity contribution in [1.82, 2.24) is 4.57 Å². The van der Waals surface area contributed by atoms with Gasteiger partial charge in [-0.25, -0.2) is 0 Å². The topological polar surface area (TPSA) is 21.3 Å².